The van der Waals surface area contributed by atoms with Crippen LogP contribution in [0.25, 0.3) is 0 Å². The number of rotatable bonds is 4. The fourth-order valence-electron chi connectivity index (χ4n) is 2.21. The highest BCUT2D eigenvalue weighted by Crippen LogP contribution is 2.27. The second-order valence-corrected chi connectivity index (χ2v) is 4.46. The Labute approximate surface area is 97.0 Å². The highest BCUT2D eigenvalue weighted by atomic mass is 16.5. The van der Waals surface area contributed by atoms with Gasteiger partial charge in [0.05, 0.1) is 18.2 Å². The van der Waals surface area contributed by atoms with Gasteiger partial charge in [0, 0.05) is 19.7 Å². The summed E-state index contributed by atoms with van der Waals surface area (Å²) < 4.78 is 7.86. The van der Waals surface area contributed by atoms with Gasteiger partial charge in [0.2, 0.25) is 0 Å². The molecule has 0 saturated carbocycles. The van der Waals surface area contributed by atoms with Crippen LogP contribution in [0.5, 0.6) is 0 Å². The molecule has 1 aromatic rings. The molecule has 0 spiro atoms. The predicted octanol–water partition coefficient (Wildman–Crippen LogP) is 1.64. The van der Waals surface area contributed by atoms with Gasteiger partial charge in [-0.15, -0.1) is 0 Å². The summed E-state index contributed by atoms with van der Waals surface area (Å²) in [6.45, 7) is 4.14. The highest BCUT2D eigenvalue weighted by molar-refractivity contribution is 5.04. The van der Waals surface area contributed by atoms with Gasteiger partial charge in [0.25, 0.3) is 0 Å². The molecule has 0 bridgehead atoms. The molecule has 1 aromatic heterocycles. The molecule has 90 valence electrons. The van der Waals surface area contributed by atoms with Crippen LogP contribution in [0, 0.1) is 0 Å². The van der Waals surface area contributed by atoms with Crippen LogP contribution in [-0.2, 0) is 11.8 Å². The van der Waals surface area contributed by atoms with Gasteiger partial charge >= 0.3 is 0 Å². The monoisotopic (exact) mass is 223 g/mol. The van der Waals surface area contributed by atoms with E-state index in [0.29, 0.717) is 6.04 Å². The van der Waals surface area contributed by atoms with Crippen molar-refractivity contribution in [2.75, 3.05) is 13.2 Å². The third-order valence-corrected chi connectivity index (χ3v) is 3.15. The van der Waals surface area contributed by atoms with Crippen molar-refractivity contribution in [2.24, 2.45) is 7.05 Å². The summed E-state index contributed by atoms with van der Waals surface area (Å²) in [6, 6.07) is 0.591. The smallest absolute Gasteiger partial charge is 0.100 e. The standard InChI is InChI=1S/C12H21N3O/c1-3-5-14-10-4-6-16-12(7-10)11-8-13-9-15(11)2/h8-10,12,14H,3-7H2,1-2H3. The maximum atomic E-state index is 5.81. The number of nitrogens with one attached hydrogen (secondary N) is 1. The van der Waals surface area contributed by atoms with Gasteiger partial charge in [-0.05, 0) is 25.8 Å². The Balaban J connectivity index is 1.94. The first kappa shape index (κ1) is 11.6. The molecule has 0 amide bonds. The quantitative estimate of drug-likeness (QED) is 0.843. The highest BCUT2D eigenvalue weighted by Gasteiger charge is 2.25. The minimum absolute atomic E-state index is 0.204. The van der Waals surface area contributed by atoms with Gasteiger partial charge in [0.1, 0.15) is 6.10 Å². The lowest BCUT2D eigenvalue weighted by molar-refractivity contribution is -0.00365. The molecule has 2 heterocycles. The third-order valence-electron chi connectivity index (χ3n) is 3.15. The Morgan fingerprint density at radius 2 is 2.50 bits per heavy atom. The maximum Gasteiger partial charge on any atom is 0.100 e. The summed E-state index contributed by atoms with van der Waals surface area (Å²) >= 11 is 0. The van der Waals surface area contributed by atoms with Crippen LogP contribution in [0.4, 0.5) is 0 Å². The number of hydrogen-bond donors (Lipinski definition) is 1. The van der Waals surface area contributed by atoms with E-state index in [0.717, 1.165) is 26.0 Å². The van der Waals surface area contributed by atoms with Crippen molar-refractivity contribution in [3.8, 4) is 0 Å². The van der Waals surface area contributed by atoms with Crippen LogP contribution in [0.15, 0.2) is 12.5 Å². The Kier molecular flexibility index (Phi) is 3.96. The van der Waals surface area contributed by atoms with E-state index >= 15 is 0 Å². The summed E-state index contributed by atoms with van der Waals surface area (Å²) in [7, 11) is 2.02. The molecule has 1 fully saturated rings. The van der Waals surface area contributed by atoms with Gasteiger partial charge in [-0.3, -0.25) is 0 Å². The molecule has 0 aliphatic carbocycles. The van der Waals surface area contributed by atoms with E-state index in [1.165, 1.54) is 12.1 Å². The zero-order valence-corrected chi connectivity index (χ0v) is 10.1. The predicted molar refractivity (Wildman–Crippen MR) is 63.2 cm³/mol. The van der Waals surface area contributed by atoms with Gasteiger partial charge in [0.15, 0.2) is 0 Å². The summed E-state index contributed by atoms with van der Waals surface area (Å²) in [5, 5.41) is 3.57. The molecule has 16 heavy (non-hydrogen) atoms. The maximum absolute atomic E-state index is 5.81. The average molecular weight is 223 g/mol. The molecular formula is C12H21N3O. The van der Waals surface area contributed by atoms with E-state index in [9.17, 15) is 0 Å². The van der Waals surface area contributed by atoms with Crippen LogP contribution in [0.2, 0.25) is 0 Å². The minimum Gasteiger partial charge on any atom is -0.372 e. The first-order chi connectivity index (χ1) is 7.81. The van der Waals surface area contributed by atoms with Crippen LogP contribution < -0.4 is 5.32 Å². The summed E-state index contributed by atoms with van der Waals surface area (Å²) in [6.07, 6.45) is 7.31. The van der Waals surface area contributed by atoms with Gasteiger partial charge < -0.3 is 14.6 Å². The first-order valence-electron chi connectivity index (χ1n) is 6.12. The Hall–Kier alpha value is -0.870. The second kappa shape index (κ2) is 5.46. The van der Waals surface area contributed by atoms with Crippen LogP contribution in [-0.4, -0.2) is 28.7 Å². The number of hydrogen-bond acceptors (Lipinski definition) is 3. The van der Waals surface area contributed by atoms with Gasteiger partial charge in [-0.2, -0.15) is 0 Å². The first-order valence-corrected chi connectivity index (χ1v) is 6.12. The SMILES string of the molecule is CCCNC1CCOC(c2cncn2C)C1. The van der Waals surface area contributed by atoms with Crippen molar-refractivity contribution in [2.45, 2.75) is 38.3 Å². The van der Waals surface area contributed by atoms with Gasteiger partial charge in [-0.25, -0.2) is 4.98 Å². The molecule has 2 rings (SSSR count). The Bertz CT molecular complexity index is 324. The molecule has 4 nitrogen and oxygen atoms in total. The topological polar surface area (TPSA) is 39.1 Å². The molecule has 1 aliphatic rings. The van der Waals surface area contributed by atoms with Crippen molar-refractivity contribution in [1.29, 1.82) is 0 Å². The van der Waals surface area contributed by atoms with Crippen molar-refractivity contribution >= 4 is 0 Å². The van der Waals surface area contributed by atoms with E-state index in [-0.39, 0.29) is 6.10 Å². The average Bonchev–Trinajstić information content (AvgIpc) is 2.73. The minimum atomic E-state index is 0.204. The van der Waals surface area contributed by atoms with Crippen molar-refractivity contribution in [3.05, 3.63) is 18.2 Å². The fraction of sp³-hybridized carbons (Fsp3) is 0.750. The Morgan fingerprint density at radius 3 is 3.19 bits per heavy atom. The lowest BCUT2D eigenvalue weighted by Gasteiger charge is -2.30. The largest absolute Gasteiger partial charge is 0.372 e. The van der Waals surface area contributed by atoms with E-state index in [2.05, 4.69) is 17.2 Å². The number of ether oxygens (including phenoxy) is 1. The van der Waals surface area contributed by atoms with E-state index < -0.39 is 0 Å². The van der Waals surface area contributed by atoms with Crippen LogP contribution in [0.3, 0.4) is 0 Å². The normalized spacial score (nSPS) is 25.9. The van der Waals surface area contributed by atoms with Crippen molar-refractivity contribution in [1.82, 2.24) is 14.9 Å². The molecule has 4 heteroatoms. The molecule has 2 atom stereocenters. The zero-order valence-electron chi connectivity index (χ0n) is 10.1. The molecule has 1 N–H and O–H groups in total. The number of imidazole rings is 1. The zero-order chi connectivity index (χ0) is 11.4. The molecule has 0 radical (unpaired) electrons. The summed E-state index contributed by atoms with van der Waals surface area (Å²) in [4.78, 5) is 4.15. The lowest BCUT2D eigenvalue weighted by Crippen LogP contribution is -2.36. The Morgan fingerprint density at radius 1 is 1.62 bits per heavy atom. The van der Waals surface area contributed by atoms with Crippen molar-refractivity contribution < 1.29 is 4.74 Å². The number of aryl methyl sites for hydroxylation is 1. The summed E-state index contributed by atoms with van der Waals surface area (Å²) in [5.41, 5.74) is 1.18. The fourth-order valence-corrected chi connectivity index (χ4v) is 2.21. The van der Waals surface area contributed by atoms with Crippen LogP contribution in [0.1, 0.15) is 38.0 Å². The van der Waals surface area contributed by atoms with Crippen molar-refractivity contribution in [3.63, 3.8) is 0 Å². The van der Waals surface area contributed by atoms with Crippen LogP contribution >= 0.6 is 0 Å². The third kappa shape index (κ3) is 2.62. The summed E-state index contributed by atoms with van der Waals surface area (Å²) in [5.74, 6) is 0. The molecule has 1 saturated heterocycles. The number of aromatic nitrogens is 2. The molecule has 1 aliphatic heterocycles. The molecule has 2 unspecified atom stereocenters. The second-order valence-electron chi connectivity index (χ2n) is 4.46. The van der Waals surface area contributed by atoms with E-state index in [1.807, 2.05) is 24.1 Å². The van der Waals surface area contributed by atoms with Gasteiger partial charge in [-0.1, -0.05) is 6.92 Å². The number of nitrogens with zero attached hydrogens (tertiary/aromatic N) is 2. The molecular weight excluding hydrogens is 202 g/mol. The lowest BCUT2D eigenvalue weighted by atomic mass is 10.0. The molecule has 0 aromatic carbocycles. The van der Waals surface area contributed by atoms with E-state index in [4.69, 9.17) is 4.74 Å². The van der Waals surface area contributed by atoms with E-state index in [1.54, 1.807) is 0 Å².